The third kappa shape index (κ3) is 1.20. The predicted molar refractivity (Wildman–Crippen MR) is 34.9 cm³/mol. The largest absolute Gasteiger partial charge is 0.369 e. The van der Waals surface area contributed by atoms with E-state index < -0.39 is 30.1 Å². The molecule has 64 valence electrons. The number of alkyl halides is 2. The van der Waals surface area contributed by atoms with Crippen molar-refractivity contribution in [2.45, 2.75) is 18.8 Å². The highest BCUT2D eigenvalue weighted by Gasteiger charge is 2.59. The van der Waals surface area contributed by atoms with Gasteiger partial charge in [-0.3, -0.25) is 4.79 Å². The lowest BCUT2D eigenvalue weighted by atomic mass is 9.65. The Morgan fingerprint density at radius 2 is 1.91 bits per heavy atom. The van der Waals surface area contributed by atoms with Crippen LogP contribution in [0.5, 0.6) is 0 Å². The molecule has 0 aromatic carbocycles. The third-order valence-corrected chi connectivity index (χ3v) is 2.11. The summed E-state index contributed by atoms with van der Waals surface area (Å²) < 4.78 is 24.6. The summed E-state index contributed by atoms with van der Waals surface area (Å²) in [5.41, 5.74) is 8.93. The Hall–Kier alpha value is -0.710. The van der Waals surface area contributed by atoms with Gasteiger partial charge in [0.2, 0.25) is 11.8 Å². The molecular formula is C6H10F2N2O. The summed E-state index contributed by atoms with van der Waals surface area (Å²) >= 11 is 0. The number of halogens is 2. The maximum absolute atomic E-state index is 12.3. The van der Waals surface area contributed by atoms with Crippen LogP contribution in [0.1, 0.15) is 12.8 Å². The molecule has 0 atom stereocenters. The molecule has 0 aromatic rings. The molecule has 1 fully saturated rings. The third-order valence-electron chi connectivity index (χ3n) is 2.11. The van der Waals surface area contributed by atoms with Gasteiger partial charge in [0.15, 0.2) is 0 Å². The summed E-state index contributed by atoms with van der Waals surface area (Å²) in [6, 6.07) is 0. The van der Waals surface area contributed by atoms with Crippen molar-refractivity contribution >= 4 is 5.91 Å². The number of amides is 1. The first-order valence-electron chi connectivity index (χ1n) is 3.30. The molecule has 1 saturated carbocycles. The molecule has 11 heavy (non-hydrogen) atoms. The lowest BCUT2D eigenvalue weighted by Crippen LogP contribution is -2.57. The molecule has 1 aliphatic rings. The summed E-state index contributed by atoms with van der Waals surface area (Å²) in [7, 11) is 0. The van der Waals surface area contributed by atoms with E-state index in [1.54, 1.807) is 0 Å². The average Bonchev–Trinajstić information content (AvgIpc) is 1.81. The zero-order chi connectivity index (χ0) is 8.70. The normalized spacial score (nSPS) is 25.7. The van der Waals surface area contributed by atoms with Gasteiger partial charge in [-0.1, -0.05) is 0 Å². The van der Waals surface area contributed by atoms with E-state index in [1.165, 1.54) is 0 Å². The van der Waals surface area contributed by atoms with Crippen LogP contribution in [-0.4, -0.2) is 18.4 Å². The van der Waals surface area contributed by atoms with Crippen LogP contribution in [0, 0.1) is 5.41 Å². The second-order valence-electron chi connectivity index (χ2n) is 3.06. The molecule has 0 bridgehead atoms. The summed E-state index contributed by atoms with van der Waals surface area (Å²) in [5.74, 6) is -3.46. The zero-order valence-electron chi connectivity index (χ0n) is 5.94. The molecule has 0 saturated heterocycles. The van der Waals surface area contributed by atoms with Crippen LogP contribution in [0.4, 0.5) is 8.78 Å². The molecule has 0 aromatic heterocycles. The number of carbonyl (C=O) groups excluding carboxylic acids is 1. The number of nitrogens with two attached hydrogens (primary N) is 2. The minimum atomic E-state index is -2.74. The number of hydrogen-bond donors (Lipinski definition) is 2. The van der Waals surface area contributed by atoms with E-state index >= 15 is 0 Å². The molecule has 5 heteroatoms. The van der Waals surface area contributed by atoms with E-state index in [0.29, 0.717) is 0 Å². The van der Waals surface area contributed by atoms with Crippen LogP contribution in [-0.2, 0) is 4.79 Å². The standard InChI is InChI=1S/C6H10F2N2O/c7-6(8)1-5(2-6,3-9)4(10)11/h1-3,9H2,(H2,10,11). The maximum atomic E-state index is 12.3. The molecule has 0 unspecified atom stereocenters. The first kappa shape index (κ1) is 8.39. The van der Waals surface area contributed by atoms with Crippen LogP contribution >= 0.6 is 0 Å². The van der Waals surface area contributed by atoms with Crippen molar-refractivity contribution < 1.29 is 13.6 Å². The molecule has 1 amide bonds. The quantitative estimate of drug-likeness (QED) is 0.595. The van der Waals surface area contributed by atoms with E-state index in [9.17, 15) is 13.6 Å². The Kier molecular flexibility index (Phi) is 1.63. The number of hydrogen-bond acceptors (Lipinski definition) is 2. The second-order valence-corrected chi connectivity index (χ2v) is 3.06. The molecule has 1 aliphatic carbocycles. The van der Waals surface area contributed by atoms with Gasteiger partial charge >= 0.3 is 0 Å². The van der Waals surface area contributed by atoms with Crippen LogP contribution in [0.25, 0.3) is 0 Å². The van der Waals surface area contributed by atoms with Gasteiger partial charge in [0, 0.05) is 19.4 Å². The molecule has 0 heterocycles. The van der Waals surface area contributed by atoms with E-state index in [0.717, 1.165) is 0 Å². The van der Waals surface area contributed by atoms with Crippen molar-refractivity contribution in [2.75, 3.05) is 6.54 Å². The van der Waals surface area contributed by atoms with Crippen LogP contribution < -0.4 is 11.5 Å². The summed E-state index contributed by atoms with van der Waals surface area (Å²) in [5, 5.41) is 0. The summed E-state index contributed by atoms with van der Waals surface area (Å²) in [6.45, 7) is -0.0854. The Morgan fingerprint density at radius 3 is 2.00 bits per heavy atom. The van der Waals surface area contributed by atoms with E-state index in [2.05, 4.69) is 0 Å². The first-order valence-corrected chi connectivity index (χ1v) is 3.30. The van der Waals surface area contributed by atoms with Crippen molar-refractivity contribution in [1.29, 1.82) is 0 Å². The molecule has 3 nitrogen and oxygen atoms in total. The highest BCUT2D eigenvalue weighted by atomic mass is 19.3. The van der Waals surface area contributed by atoms with Gasteiger partial charge in [0.25, 0.3) is 0 Å². The van der Waals surface area contributed by atoms with Crippen LogP contribution in [0.2, 0.25) is 0 Å². The van der Waals surface area contributed by atoms with E-state index in [1.807, 2.05) is 0 Å². The fraction of sp³-hybridized carbons (Fsp3) is 0.833. The van der Waals surface area contributed by atoms with Crippen LogP contribution in [0.3, 0.4) is 0 Å². The molecule has 0 spiro atoms. The molecule has 4 N–H and O–H groups in total. The monoisotopic (exact) mass is 164 g/mol. The molecular weight excluding hydrogens is 154 g/mol. The smallest absolute Gasteiger partial charge is 0.250 e. The minimum Gasteiger partial charge on any atom is -0.369 e. The Balaban J connectivity index is 2.64. The van der Waals surface area contributed by atoms with Crippen molar-refractivity contribution in [1.82, 2.24) is 0 Å². The SMILES string of the molecule is NCC1(C(N)=O)CC(F)(F)C1. The van der Waals surface area contributed by atoms with Gasteiger partial charge < -0.3 is 11.5 Å². The Bertz CT molecular complexity index is 185. The summed E-state index contributed by atoms with van der Waals surface area (Å²) in [6.07, 6.45) is -0.988. The number of primary amides is 1. The second kappa shape index (κ2) is 2.14. The van der Waals surface area contributed by atoms with Crippen molar-refractivity contribution in [3.8, 4) is 0 Å². The van der Waals surface area contributed by atoms with Gasteiger partial charge in [-0.05, 0) is 0 Å². The average molecular weight is 164 g/mol. The van der Waals surface area contributed by atoms with Crippen molar-refractivity contribution in [3.05, 3.63) is 0 Å². The highest BCUT2D eigenvalue weighted by Crippen LogP contribution is 2.50. The lowest BCUT2D eigenvalue weighted by Gasteiger charge is -2.43. The molecule has 0 aliphatic heterocycles. The van der Waals surface area contributed by atoms with Gasteiger partial charge in [0.05, 0.1) is 5.41 Å². The Labute approximate surface area is 62.7 Å². The van der Waals surface area contributed by atoms with Gasteiger partial charge in [-0.2, -0.15) is 0 Å². The van der Waals surface area contributed by atoms with Gasteiger partial charge in [-0.15, -0.1) is 0 Å². The number of carbonyl (C=O) groups is 1. The fourth-order valence-electron chi connectivity index (χ4n) is 1.36. The lowest BCUT2D eigenvalue weighted by molar-refractivity contribution is -0.173. The van der Waals surface area contributed by atoms with Crippen molar-refractivity contribution in [3.63, 3.8) is 0 Å². The van der Waals surface area contributed by atoms with E-state index in [-0.39, 0.29) is 6.54 Å². The van der Waals surface area contributed by atoms with Crippen molar-refractivity contribution in [2.24, 2.45) is 16.9 Å². The molecule has 1 rings (SSSR count). The predicted octanol–water partition coefficient (Wildman–Crippen LogP) is -0.154. The highest BCUT2D eigenvalue weighted by molar-refractivity contribution is 5.82. The molecule has 0 radical (unpaired) electrons. The first-order chi connectivity index (χ1) is 4.92. The van der Waals surface area contributed by atoms with Gasteiger partial charge in [-0.25, -0.2) is 8.78 Å². The van der Waals surface area contributed by atoms with E-state index in [4.69, 9.17) is 11.5 Å². The maximum Gasteiger partial charge on any atom is 0.250 e. The topological polar surface area (TPSA) is 69.1 Å². The minimum absolute atomic E-state index is 0.0854. The zero-order valence-corrected chi connectivity index (χ0v) is 5.94. The fourth-order valence-corrected chi connectivity index (χ4v) is 1.36. The number of rotatable bonds is 2. The summed E-state index contributed by atoms with van der Waals surface area (Å²) in [4.78, 5) is 10.6. The van der Waals surface area contributed by atoms with Crippen LogP contribution in [0.15, 0.2) is 0 Å². The van der Waals surface area contributed by atoms with Gasteiger partial charge in [0.1, 0.15) is 0 Å². The Morgan fingerprint density at radius 1 is 1.45 bits per heavy atom.